The van der Waals surface area contributed by atoms with Crippen molar-refractivity contribution >= 4 is 23.4 Å². The van der Waals surface area contributed by atoms with Gasteiger partial charge < -0.3 is 10.6 Å². The zero-order valence-electron chi connectivity index (χ0n) is 10.2. The van der Waals surface area contributed by atoms with Crippen molar-refractivity contribution in [1.29, 1.82) is 0 Å². The summed E-state index contributed by atoms with van der Waals surface area (Å²) in [5.74, 6) is 2.05. The topological polar surface area (TPSA) is 75.0 Å². The lowest BCUT2D eigenvalue weighted by Crippen LogP contribution is -2.37. The van der Waals surface area contributed by atoms with Gasteiger partial charge in [-0.15, -0.1) is 0 Å². The lowest BCUT2D eigenvalue weighted by molar-refractivity contribution is 0.0743. The Morgan fingerprint density at radius 1 is 1.71 bits per heavy atom. The number of hydrogen-bond acceptors (Lipinski definition) is 4. The highest BCUT2D eigenvalue weighted by Gasteiger charge is 2.27. The zero-order valence-corrected chi connectivity index (χ0v) is 11.0. The van der Waals surface area contributed by atoms with E-state index in [1.165, 1.54) is 0 Å². The van der Waals surface area contributed by atoms with Gasteiger partial charge in [0.2, 0.25) is 0 Å². The van der Waals surface area contributed by atoms with Gasteiger partial charge in [-0.05, 0) is 18.6 Å². The predicted molar refractivity (Wildman–Crippen MR) is 70.2 cm³/mol. The maximum Gasteiger partial charge on any atom is 0.276 e. The number of nitrogens with one attached hydrogen (secondary N) is 1. The van der Waals surface area contributed by atoms with Gasteiger partial charge in [0.05, 0.1) is 11.4 Å². The standard InChI is InChI=1S/C11H18N4OS/c1-3-8-9(12)10(14-13-8)11(16)15(2)7-4-5-17-6-7/h7H,3-6,12H2,1-2H3,(H,13,14). The SMILES string of the molecule is CCc1[nH]nc(C(=O)N(C)C2CCSC2)c1N. The van der Waals surface area contributed by atoms with Crippen molar-refractivity contribution in [2.24, 2.45) is 0 Å². The molecular formula is C11H18N4OS. The van der Waals surface area contributed by atoms with E-state index in [2.05, 4.69) is 10.2 Å². The first kappa shape index (κ1) is 12.3. The van der Waals surface area contributed by atoms with Crippen LogP contribution in [0.25, 0.3) is 0 Å². The molecule has 0 bridgehead atoms. The molecule has 1 aromatic rings. The molecule has 2 rings (SSSR count). The van der Waals surface area contributed by atoms with Crippen LogP contribution in [-0.2, 0) is 6.42 Å². The Kier molecular flexibility index (Phi) is 3.61. The molecule has 1 aliphatic rings. The van der Waals surface area contributed by atoms with Gasteiger partial charge in [0.15, 0.2) is 5.69 Å². The Balaban J connectivity index is 2.15. The molecule has 3 N–H and O–H groups in total. The van der Waals surface area contributed by atoms with Crippen molar-refractivity contribution in [3.63, 3.8) is 0 Å². The summed E-state index contributed by atoms with van der Waals surface area (Å²) in [6.07, 6.45) is 1.81. The summed E-state index contributed by atoms with van der Waals surface area (Å²) >= 11 is 1.88. The number of aryl methyl sites for hydroxylation is 1. The number of hydrogen-bond donors (Lipinski definition) is 2. The van der Waals surface area contributed by atoms with E-state index in [0.29, 0.717) is 17.4 Å². The summed E-state index contributed by atoms with van der Waals surface area (Å²) in [7, 11) is 1.83. The molecule has 17 heavy (non-hydrogen) atoms. The summed E-state index contributed by atoms with van der Waals surface area (Å²) in [4.78, 5) is 14.0. The number of rotatable bonds is 3. The number of H-pyrrole nitrogens is 1. The number of thioether (sulfide) groups is 1. The van der Waals surface area contributed by atoms with Crippen molar-refractivity contribution in [3.8, 4) is 0 Å². The number of nitrogens with two attached hydrogens (primary N) is 1. The van der Waals surface area contributed by atoms with E-state index < -0.39 is 0 Å². The fourth-order valence-corrected chi connectivity index (χ4v) is 3.25. The van der Waals surface area contributed by atoms with Gasteiger partial charge in [0.25, 0.3) is 5.91 Å². The third-order valence-electron chi connectivity index (χ3n) is 3.21. The van der Waals surface area contributed by atoms with Crippen LogP contribution in [0.5, 0.6) is 0 Å². The van der Waals surface area contributed by atoms with Crippen LogP contribution in [0.3, 0.4) is 0 Å². The smallest absolute Gasteiger partial charge is 0.276 e. The number of aromatic amines is 1. The monoisotopic (exact) mass is 254 g/mol. The Morgan fingerprint density at radius 2 is 2.47 bits per heavy atom. The highest BCUT2D eigenvalue weighted by molar-refractivity contribution is 7.99. The molecule has 94 valence electrons. The molecule has 1 saturated heterocycles. The van der Waals surface area contributed by atoms with E-state index in [4.69, 9.17) is 5.73 Å². The quantitative estimate of drug-likeness (QED) is 0.848. The predicted octanol–water partition coefficient (Wildman–Crippen LogP) is 1.13. The van der Waals surface area contributed by atoms with Crippen LogP contribution < -0.4 is 5.73 Å². The molecule has 2 heterocycles. The first-order chi connectivity index (χ1) is 8.15. The van der Waals surface area contributed by atoms with Crippen molar-refractivity contribution in [3.05, 3.63) is 11.4 Å². The second kappa shape index (κ2) is 5.00. The van der Waals surface area contributed by atoms with Crippen molar-refractivity contribution in [2.75, 3.05) is 24.3 Å². The highest BCUT2D eigenvalue weighted by Crippen LogP contribution is 2.24. The number of amides is 1. The van der Waals surface area contributed by atoms with Gasteiger partial charge in [-0.1, -0.05) is 6.92 Å². The van der Waals surface area contributed by atoms with E-state index in [0.717, 1.165) is 30.0 Å². The number of nitrogen functional groups attached to an aromatic ring is 1. The summed E-state index contributed by atoms with van der Waals surface area (Å²) in [6, 6.07) is 0.314. The van der Waals surface area contributed by atoms with E-state index in [9.17, 15) is 4.79 Å². The molecule has 1 unspecified atom stereocenters. The first-order valence-electron chi connectivity index (χ1n) is 5.82. The van der Waals surface area contributed by atoms with E-state index in [1.807, 2.05) is 25.7 Å². The largest absolute Gasteiger partial charge is 0.395 e. The molecule has 0 aromatic carbocycles. The normalized spacial score (nSPS) is 19.5. The van der Waals surface area contributed by atoms with Crippen LogP contribution in [0.4, 0.5) is 5.69 Å². The number of nitrogens with zero attached hydrogens (tertiary/aromatic N) is 2. The molecule has 1 atom stereocenters. The minimum atomic E-state index is -0.0778. The Bertz CT molecular complexity index is 412. The summed E-state index contributed by atoms with van der Waals surface area (Å²) in [5, 5.41) is 6.85. The average molecular weight is 254 g/mol. The minimum Gasteiger partial charge on any atom is -0.395 e. The van der Waals surface area contributed by atoms with Crippen LogP contribution in [0.1, 0.15) is 29.5 Å². The molecule has 1 aliphatic heterocycles. The second-order valence-corrected chi connectivity index (χ2v) is 5.40. The number of carbonyl (C=O) groups excluding carboxylic acids is 1. The molecule has 5 nitrogen and oxygen atoms in total. The lowest BCUT2D eigenvalue weighted by atomic mass is 10.2. The van der Waals surface area contributed by atoms with Crippen molar-refractivity contribution < 1.29 is 4.79 Å². The molecule has 0 aliphatic carbocycles. The number of carbonyl (C=O) groups is 1. The number of aromatic nitrogens is 2. The van der Waals surface area contributed by atoms with Crippen molar-refractivity contribution in [1.82, 2.24) is 15.1 Å². The van der Waals surface area contributed by atoms with Crippen LogP contribution in [0, 0.1) is 0 Å². The molecule has 0 saturated carbocycles. The maximum absolute atomic E-state index is 12.2. The molecular weight excluding hydrogens is 236 g/mol. The van der Waals surface area contributed by atoms with Gasteiger partial charge in [-0.2, -0.15) is 16.9 Å². The van der Waals surface area contributed by atoms with E-state index in [1.54, 1.807) is 4.90 Å². The second-order valence-electron chi connectivity index (χ2n) is 4.25. The minimum absolute atomic E-state index is 0.0778. The van der Waals surface area contributed by atoms with E-state index >= 15 is 0 Å². The molecule has 0 spiro atoms. The van der Waals surface area contributed by atoms with Gasteiger partial charge in [-0.3, -0.25) is 9.89 Å². The number of anilines is 1. The van der Waals surface area contributed by atoms with Crippen LogP contribution in [0.15, 0.2) is 0 Å². The van der Waals surface area contributed by atoms with Crippen LogP contribution in [-0.4, -0.2) is 45.6 Å². The summed E-state index contributed by atoms with van der Waals surface area (Å²) < 4.78 is 0. The van der Waals surface area contributed by atoms with Gasteiger partial charge in [0.1, 0.15) is 0 Å². The summed E-state index contributed by atoms with van der Waals surface area (Å²) in [6.45, 7) is 1.98. The maximum atomic E-state index is 12.2. The van der Waals surface area contributed by atoms with Gasteiger partial charge in [-0.25, -0.2) is 0 Å². The molecule has 6 heteroatoms. The third kappa shape index (κ3) is 2.26. The first-order valence-corrected chi connectivity index (χ1v) is 6.98. The molecule has 1 fully saturated rings. The van der Waals surface area contributed by atoms with Crippen molar-refractivity contribution in [2.45, 2.75) is 25.8 Å². The zero-order chi connectivity index (χ0) is 12.4. The Hall–Kier alpha value is -1.17. The summed E-state index contributed by atoms with van der Waals surface area (Å²) in [5.41, 5.74) is 7.60. The average Bonchev–Trinajstić information content (AvgIpc) is 2.96. The van der Waals surface area contributed by atoms with Crippen LogP contribution >= 0.6 is 11.8 Å². The fraction of sp³-hybridized carbons (Fsp3) is 0.636. The van der Waals surface area contributed by atoms with E-state index in [-0.39, 0.29) is 5.91 Å². The molecule has 0 radical (unpaired) electrons. The third-order valence-corrected chi connectivity index (χ3v) is 4.36. The molecule has 1 amide bonds. The molecule has 1 aromatic heterocycles. The Labute approximate surface area is 105 Å². The van der Waals surface area contributed by atoms with Crippen LogP contribution in [0.2, 0.25) is 0 Å². The lowest BCUT2D eigenvalue weighted by Gasteiger charge is -2.22. The van der Waals surface area contributed by atoms with Gasteiger partial charge in [0, 0.05) is 18.8 Å². The Morgan fingerprint density at radius 3 is 3.00 bits per heavy atom. The highest BCUT2D eigenvalue weighted by atomic mass is 32.2. The van der Waals surface area contributed by atoms with Gasteiger partial charge >= 0.3 is 0 Å². The fourth-order valence-electron chi connectivity index (χ4n) is 1.98.